The number of benzene rings is 2. The third kappa shape index (κ3) is 3.26. The molecule has 0 aliphatic rings. The highest BCUT2D eigenvalue weighted by Gasteiger charge is 2.12. The van der Waals surface area contributed by atoms with Crippen LogP contribution in [0.5, 0.6) is 5.75 Å². The van der Waals surface area contributed by atoms with Crippen LogP contribution in [0.2, 0.25) is 0 Å². The van der Waals surface area contributed by atoms with Gasteiger partial charge in [0.25, 0.3) is 0 Å². The Labute approximate surface area is 131 Å². The van der Waals surface area contributed by atoms with Crippen LogP contribution in [0.4, 0.5) is 0 Å². The fraction of sp³-hybridized carbons (Fsp3) is 0.176. The van der Waals surface area contributed by atoms with E-state index in [4.69, 9.17) is 14.3 Å². The Morgan fingerprint density at radius 1 is 1.17 bits per heavy atom. The molecule has 1 aromatic heterocycles. The zero-order chi connectivity index (χ0) is 16.2. The summed E-state index contributed by atoms with van der Waals surface area (Å²) in [7, 11) is 0. The second kappa shape index (κ2) is 6.39. The van der Waals surface area contributed by atoms with Gasteiger partial charge >= 0.3 is 11.7 Å². The number of aryl methyl sites for hydroxylation is 1. The normalized spacial score (nSPS) is 10.8. The van der Waals surface area contributed by atoms with Crippen LogP contribution in [0.25, 0.3) is 11.1 Å². The molecule has 6 nitrogen and oxygen atoms in total. The van der Waals surface area contributed by atoms with E-state index in [-0.39, 0.29) is 5.56 Å². The maximum atomic E-state index is 11.9. The summed E-state index contributed by atoms with van der Waals surface area (Å²) in [5.74, 6) is -0.771. The third-order valence-corrected chi connectivity index (χ3v) is 3.45. The second-order valence-electron chi connectivity index (χ2n) is 5.02. The maximum absolute atomic E-state index is 11.9. The van der Waals surface area contributed by atoms with Crippen LogP contribution in [0.3, 0.4) is 0 Å². The molecular formula is C17H15NO5. The molecule has 0 radical (unpaired) electrons. The van der Waals surface area contributed by atoms with E-state index < -0.39 is 11.7 Å². The molecule has 2 aromatic carbocycles. The number of para-hydroxylation sites is 1. The lowest BCUT2D eigenvalue weighted by Gasteiger charge is -2.06. The quantitative estimate of drug-likeness (QED) is 0.708. The third-order valence-electron chi connectivity index (χ3n) is 3.45. The average Bonchev–Trinajstić information content (AvgIpc) is 2.87. The minimum atomic E-state index is -1.04. The SMILES string of the molecule is O=C(O)c1ccc2oc(=O)n(CCCOc3ccccc3)c2c1. The van der Waals surface area contributed by atoms with Crippen molar-refractivity contribution in [3.8, 4) is 5.75 Å². The van der Waals surface area contributed by atoms with Gasteiger partial charge in [-0.3, -0.25) is 4.57 Å². The van der Waals surface area contributed by atoms with Gasteiger partial charge in [0.05, 0.1) is 17.7 Å². The first-order chi connectivity index (χ1) is 11.1. The number of carboxylic acids is 1. The van der Waals surface area contributed by atoms with Crippen molar-refractivity contribution in [2.45, 2.75) is 13.0 Å². The fourth-order valence-corrected chi connectivity index (χ4v) is 2.34. The van der Waals surface area contributed by atoms with Gasteiger partial charge in [0.1, 0.15) is 5.75 Å². The van der Waals surface area contributed by atoms with E-state index in [2.05, 4.69) is 0 Å². The van der Waals surface area contributed by atoms with Crippen LogP contribution in [0, 0.1) is 0 Å². The number of carbonyl (C=O) groups is 1. The fourth-order valence-electron chi connectivity index (χ4n) is 2.34. The summed E-state index contributed by atoms with van der Waals surface area (Å²) in [5, 5.41) is 9.04. The lowest BCUT2D eigenvalue weighted by Crippen LogP contribution is -2.16. The van der Waals surface area contributed by atoms with E-state index in [9.17, 15) is 9.59 Å². The highest BCUT2D eigenvalue weighted by Crippen LogP contribution is 2.16. The van der Waals surface area contributed by atoms with Crippen molar-refractivity contribution >= 4 is 17.1 Å². The molecule has 6 heteroatoms. The minimum Gasteiger partial charge on any atom is -0.494 e. The number of oxazole rings is 1. The second-order valence-corrected chi connectivity index (χ2v) is 5.02. The molecular weight excluding hydrogens is 298 g/mol. The number of rotatable bonds is 6. The van der Waals surface area contributed by atoms with Crippen molar-refractivity contribution in [3.05, 3.63) is 64.6 Å². The summed E-state index contributed by atoms with van der Waals surface area (Å²) in [6.07, 6.45) is 0.598. The Kier molecular flexibility index (Phi) is 4.14. The van der Waals surface area contributed by atoms with Gasteiger partial charge in [-0.2, -0.15) is 0 Å². The van der Waals surface area contributed by atoms with E-state index in [1.54, 1.807) is 0 Å². The highest BCUT2D eigenvalue weighted by atomic mass is 16.5. The van der Waals surface area contributed by atoms with Gasteiger partial charge in [-0.15, -0.1) is 0 Å². The van der Waals surface area contributed by atoms with Crippen LogP contribution in [0.1, 0.15) is 16.8 Å². The lowest BCUT2D eigenvalue weighted by molar-refractivity contribution is 0.0697. The molecule has 0 aliphatic heterocycles. The summed E-state index contributed by atoms with van der Waals surface area (Å²) in [6.45, 7) is 0.837. The van der Waals surface area contributed by atoms with Gasteiger partial charge in [0.15, 0.2) is 5.58 Å². The minimum absolute atomic E-state index is 0.118. The molecule has 0 amide bonds. The van der Waals surface area contributed by atoms with E-state index >= 15 is 0 Å². The molecule has 3 aromatic rings. The van der Waals surface area contributed by atoms with Gasteiger partial charge in [-0.1, -0.05) is 18.2 Å². The molecule has 0 unspecified atom stereocenters. The zero-order valence-electron chi connectivity index (χ0n) is 12.3. The zero-order valence-corrected chi connectivity index (χ0v) is 12.3. The standard InChI is InChI=1S/C17H15NO5/c19-16(20)12-7-8-15-14(11-12)18(17(21)23-15)9-4-10-22-13-5-2-1-3-6-13/h1-3,5-8,11H,4,9-10H2,(H,19,20). The van der Waals surface area contributed by atoms with Gasteiger partial charge < -0.3 is 14.3 Å². The summed E-state index contributed by atoms with van der Waals surface area (Å²) in [6, 6.07) is 13.8. The van der Waals surface area contributed by atoms with Gasteiger partial charge in [0.2, 0.25) is 0 Å². The van der Waals surface area contributed by atoms with Crippen molar-refractivity contribution in [1.82, 2.24) is 4.57 Å². The molecule has 0 saturated carbocycles. The Bertz CT molecular complexity index is 879. The molecule has 23 heavy (non-hydrogen) atoms. The van der Waals surface area contributed by atoms with Crippen molar-refractivity contribution < 1.29 is 19.1 Å². The summed E-state index contributed by atoms with van der Waals surface area (Å²) < 4.78 is 12.1. The first kappa shape index (κ1) is 14.9. The van der Waals surface area contributed by atoms with Gasteiger partial charge in [-0.25, -0.2) is 9.59 Å². The molecule has 0 bridgehead atoms. The summed E-state index contributed by atoms with van der Waals surface area (Å²) in [4.78, 5) is 22.9. The lowest BCUT2D eigenvalue weighted by atomic mass is 10.2. The molecule has 3 rings (SSSR count). The number of nitrogens with zero attached hydrogens (tertiary/aromatic N) is 1. The van der Waals surface area contributed by atoms with Crippen molar-refractivity contribution in [2.24, 2.45) is 0 Å². The first-order valence-electron chi connectivity index (χ1n) is 7.20. The van der Waals surface area contributed by atoms with Crippen molar-refractivity contribution in [3.63, 3.8) is 0 Å². The molecule has 0 saturated heterocycles. The number of fused-ring (bicyclic) bond motifs is 1. The first-order valence-corrected chi connectivity index (χ1v) is 7.20. The predicted molar refractivity (Wildman–Crippen MR) is 84.0 cm³/mol. The molecule has 0 fully saturated rings. The van der Waals surface area contributed by atoms with Gasteiger partial charge in [-0.05, 0) is 36.8 Å². The highest BCUT2D eigenvalue weighted by molar-refractivity contribution is 5.91. The van der Waals surface area contributed by atoms with Crippen LogP contribution in [-0.2, 0) is 6.54 Å². The Balaban J connectivity index is 1.72. The van der Waals surface area contributed by atoms with E-state index in [0.717, 1.165) is 5.75 Å². The van der Waals surface area contributed by atoms with Crippen LogP contribution < -0.4 is 10.5 Å². The number of ether oxygens (including phenoxy) is 1. The Morgan fingerprint density at radius 2 is 1.96 bits per heavy atom. The molecule has 1 heterocycles. The number of carboxylic acid groups (broad SMARTS) is 1. The van der Waals surface area contributed by atoms with E-state index in [0.29, 0.717) is 30.7 Å². The van der Waals surface area contributed by atoms with E-state index in [1.165, 1.54) is 22.8 Å². The van der Waals surface area contributed by atoms with E-state index in [1.807, 2.05) is 30.3 Å². The van der Waals surface area contributed by atoms with Crippen LogP contribution in [0.15, 0.2) is 57.7 Å². The van der Waals surface area contributed by atoms with Crippen molar-refractivity contribution in [1.29, 1.82) is 0 Å². The number of aromatic carboxylic acids is 1. The largest absolute Gasteiger partial charge is 0.494 e. The number of aromatic nitrogens is 1. The van der Waals surface area contributed by atoms with Gasteiger partial charge in [0, 0.05) is 6.54 Å². The van der Waals surface area contributed by atoms with Crippen LogP contribution in [-0.4, -0.2) is 22.2 Å². The molecule has 0 atom stereocenters. The smallest absolute Gasteiger partial charge is 0.419 e. The molecule has 0 spiro atoms. The van der Waals surface area contributed by atoms with Crippen molar-refractivity contribution in [2.75, 3.05) is 6.61 Å². The average molecular weight is 313 g/mol. The Hall–Kier alpha value is -3.02. The Morgan fingerprint density at radius 3 is 2.70 bits per heavy atom. The molecule has 1 N–H and O–H groups in total. The monoisotopic (exact) mass is 313 g/mol. The van der Waals surface area contributed by atoms with Crippen LogP contribution >= 0.6 is 0 Å². The summed E-state index contributed by atoms with van der Waals surface area (Å²) >= 11 is 0. The maximum Gasteiger partial charge on any atom is 0.419 e. The molecule has 118 valence electrons. The number of hydrogen-bond donors (Lipinski definition) is 1. The summed E-state index contributed by atoms with van der Waals surface area (Å²) in [5.41, 5.74) is 0.978. The number of hydrogen-bond acceptors (Lipinski definition) is 4. The predicted octanol–water partition coefficient (Wildman–Crippen LogP) is 2.76. The topological polar surface area (TPSA) is 81.7 Å². The molecule has 0 aliphatic carbocycles.